The first-order valence-electron chi connectivity index (χ1n) is 7.33. The second-order valence-corrected chi connectivity index (χ2v) is 5.67. The van der Waals surface area contributed by atoms with Crippen molar-refractivity contribution >= 4 is 12.4 Å². The van der Waals surface area contributed by atoms with E-state index in [-0.39, 0.29) is 17.2 Å². The number of phenolic OH excluding ortho intramolecular Hbond substituents is 2. The predicted molar refractivity (Wildman–Crippen MR) is 83.4 cm³/mol. The summed E-state index contributed by atoms with van der Waals surface area (Å²) >= 11 is 0. The number of alkyl halides is 3. The van der Waals surface area contributed by atoms with Crippen LogP contribution in [0.3, 0.4) is 0 Å². The number of benzene rings is 2. The van der Waals surface area contributed by atoms with E-state index in [9.17, 15) is 28.2 Å². The number of rotatable bonds is 3. The van der Waals surface area contributed by atoms with Crippen LogP contribution in [0, 0.1) is 0 Å². The van der Waals surface area contributed by atoms with Crippen LogP contribution in [0.15, 0.2) is 42.0 Å². The average Bonchev–Trinajstić information content (AvgIpc) is 2.82. The van der Waals surface area contributed by atoms with E-state index in [0.717, 1.165) is 0 Å². The molecule has 1 atom stereocenters. The highest BCUT2D eigenvalue weighted by Crippen LogP contribution is 2.42. The number of allylic oxidation sites excluding steroid dienone is 1. The van der Waals surface area contributed by atoms with Gasteiger partial charge in [-0.05, 0) is 47.4 Å². The summed E-state index contributed by atoms with van der Waals surface area (Å²) in [7, 11) is 0. The largest absolute Gasteiger partial charge is 0.573 e. The number of fused-ring (bicyclic) bond motifs is 1. The number of carbonyl (C=O) groups is 1. The van der Waals surface area contributed by atoms with Gasteiger partial charge in [0, 0.05) is 0 Å². The minimum atomic E-state index is -4.78. The Labute approximate surface area is 140 Å². The molecule has 0 bridgehead atoms. The molecule has 0 saturated heterocycles. The van der Waals surface area contributed by atoms with Crippen molar-refractivity contribution < 1.29 is 32.9 Å². The molecule has 7 heteroatoms. The van der Waals surface area contributed by atoms with E-state index in [0.29, 0.717) is 35.0 Å². The molecule has 0 aliphatic heterocycles. The molecule has 2 N–H and O–H groups in total. The molecule has 0 fully saturated rings. The maximum Gasteiger partial charge on any atom is 0.573 e. The zero-order valence-electron chi connectivity index (χ0n) is 12.7. The molecule has 2 aromatic rings. The van der Waals surface area contributed by atoms with Gasteiger partial charge in [0.15, 0.2) is 11.5 Å². The minimum Gasteiger partial charge on any atom is -0.504 e. The number of hydrogen-bond donors (Lipinski definition) is 2. The third-order valence-corrected chi connectivity index (χ3v) is 3.95. The molecular weight excluding hydrogens is 337 g/mol. The summed E-state index contributed by atoms with van der Waals surface area (Å²) in [6.45, 7) is 0. The smallest absolute Gasteiger partial charge is 0.504 e. The number of aldehydes is 1. The number of carbonyl (C=O) groups excluding carboxylic acids is 1. The second-order valence-electron chi connectivity index (χ2n) is 5.67. The van der Waals surface area contributed by atoms with Gasteiger partial charge in [-0.1, -0.05) is 23.8 Å². The summed E-state index contributed by atoms with van der Waals surface area (Å²) in [6, 6.07) is 8.13. The fraction of sp³-hybridized carbons (Fsp3) is 0.167. The topological polar surface area (TPSA) is 66.8 Å². The van der Waals surface area contributed by atoms with E-state index < -0.39 is 12.3 Å². The van der Waals surface area contributed by atoms with Crippen LogP contribution in [0.4, 0.5) is 13.2 Å². The Morgan fingerprint density at radius 2 is 1.84 bits per heavy atom. The Morgan fingerprint density at radius 1 is 1.12 bits per heavy atom. The van der Waals surface area contributed by atoms with Crippen LogP contribution in [0.25, 0.3) is 6.08 Å². The summed E-state index contributed by atoms with van der Waals surface area (Å²) in [5.41, 5.74) is 2.35. The summed E-state index contributed by atoms with van der Waals surface area (Å²) in [6.07, 6.45) is -2.13. The lowest BCUT2D eigenvalue weighted by atomic mass is 9.97. The van der Waals surface area contributed by atoms with E-state index in [1.807, 2.05) is 0 Å². The van der Waals surface area contributed by atoms with Gasteiger partial charge in [-0.15, -0.1) is 13.2 Å². The Balaban J connectivity index is 1.94. The molecule has 25 heavy (non-hydrogen) atoms. The van der Waals surface area contributed by atoms with Crippen molar-refractivity contribution in [3.8, 4) is 17.2 Å². The maximum absolute atomic E-state index is 12.3. The molecule has 130 valence electrons. The highest BCUT2D eigenvalue weighted by atomic mass is 19.4. The number of ether oxygens (including phenoxy) is 1. The van der Waals surface area contributed by atoms with Crippen LogP contribution in [0.1, 0.15) is 22.6 Å². The lowest BCUT2D eigenvalue weighted by Gasteiger charge is -2.10. The molecule has 1 unspecified atom stereocenters. The van der Waals surface area contributed by atoms with Crippen molar-refractivity contribution in [2.45, 2.75) is 18.7 Å². The number of phenols is 2. The van der Waals surface area contributed by atoms with Crippen molar-refractivity contribution in [2.75, 3.05) is 0 Å². The van der Waals surface area contributed by atoms with Crippen LogP contribution in [0.2, 0.25) is 0 Å². The zero-order chi connectivity index (χ0) is 18.2. The molecule has 1 aliphatic carbocycles. The van der Waals surface area contributed by atoms with Gasteiger partial charge in [0.25, 0.3) is 0 Å². The maximum atomic E-state index is 12.3. The Bertz CT molecular complexity index is 856. The van der Waals surface area contributed by atoms with Gasteiger partial charge in [0.1, 0.15) is 12.0 Å². The van der Waals surface area contributed by atoms with Gasteiger partial charge in [-0.25, -0.2) is 0 Å². The van der Waals surface area contributed by atoms with Crippen molar-refractivity contribution in [1.29, 1.82) is 0 Å². The first kappa shape index (κ1) is 16.9. The van der Waals surface area contributed by atoms with Crippen molar-refractivity contribution in [2.24, 2.45) is 0 Å². The molecule has 3 rings (SSSR count). The van der Waals surface area contributed by atoms with Gasteiger partial charge in [-0.3, -0.25) is 0 Å². The van der Waals surface area contributed by atoms with E-state index in [1.165, 1.54) is 30.3 Å². The van der Waals surface area contributed by atoms with Gasteiger partial charge >= 0.3 is 6.36 Å². The van der Waals surface area contributed by atoms with Gasteiger partial charge in [0.2, 0.25) is 0 Å². The predicted octanol–water partition coefficient (Wildman–Crippen LogP) is 3.92. The monoisotopic (exact) mass is 350 g/mol. The van der Waals surface area contributed by atoms with Crippen LogP contribution in [-0.2, 0) is 11.2 Å². The molecule has 2 aromatic carbocycles. The molecule has 4 nitrogen and oxygen atoms in total. The highest BCUT2D eigenvalue weighted by Gasteiger charge is 2.31. The molecule has 0 heterocycles. The average molecular weight is 350 g/mol. The van der Waals surface area contributed by atoms with E-state index >= 15 is 0 Å². The van der Waals surface area contributed by atoms with Crippen molar-refractivity contribution in [3.63, 3.8) is 0 Å². The summed E-state index contributed by atoms with van der Waals surface area (Å²) in [5, 5.41) is 19.2. The van der Waals surface area contributed by atoms with Crippen LogP contribution in [-0.4, -0.2) is 22.9 Å². The van der Waals surface area contributed by atoms with Crippen LogP contribution in [0.5, 0.6) is 17.2 Å². The lowest BCUT2D eigenvalue weighted by molar-refractivity contribution is -0.274. The molecule has 0 radical (unpaired) electrons. The molecule has 0 saturated carbocycles. The van der Waals surface area contributed by atoms with Gasteiger partial charge < -0.3 is 19.7 Å². The van der Waals surface area contributed by atoms with E-state index in [1.54, 1.807) is 12.1 Å². The van der Waals surface area contributed by atoms with E-state index in [4.69, 9.17) is 0 Å². The number of hydrogen-bond acceptors (Lipinski definition) is 4. The quantitative estimate of drug-likeness (QED) is 0.650. The fourth-order valence-electron chi connectivity index (χ4n) is 2.93. The second kappa shape index (κ2) is 6.16. The van der Waals surface area contributed by atoms with Gasteiger partial charge in [0.05, 0.1) is 5.92 Å². The van der Waals surface area contributed by atoms with Gasteiger partial charge in [-0.2, -0.15) is 0 Å². The lowest BCUT2D eigenvalue weighted by Crippen LogP contribution is -2.17. The zero-order valence-corrected chi connectivity index (χ0v) is 12.7. The van der Waals surface area contributed by atoms with E-state index in [2.05, 4.69) is 4.74 Å². The summed E-state index contributed by atoms with van der Waals surface area (Å²) < 4.78 is 40.8. The Morgan fingerprint density at radius 3 is 2.52 bits per heavy atom. The van der Waals surface area contributed by atoms with Crippen molar-refractivity contribution in [1.82, 2.24) is 0 Å². The van der Waals surface area contributed by atoms with Crippen LogP contribution >= 0.6 is 0 Å². The first-order chi connectivity index (χ1) is 11.8. The van der Waals surface area contributed by atoms with Crippen molar-refractivity contribution in [3.05, 3.63) is 58.7 Å². The standard InChI is InChI=1S/C18H13F3O4/c19-18(20,21)25-13-3-1-2-10(5-13)4-11-6-12-7-16(23)17(24)8-14(12)15(11)9-22/h1-5,7-9,15,23-24H,6H2/b11-4+. The third-order valence-electron chi connectivity index (χ3n) is 3.95. The highest BCUT2D eigenvalue weighted by molar-refractivity contribution is 5.77. The molecular formula is C18H13F3O4. The number of aromatic hydroxyl groups is 2. The first-order valence-corrected chi connectivity index (χ1v) is 7.33. The minimum absolute atomic E-state index is 0.287. The Kier molecular flexibility index (Phi) is 4.16. The third kappa shape index (κ3) is 3.60. The van der Waals surface area contributed by atoms with Crippen LogP contribution < -0.4 is 4.74 Å². The summed E-state index contributed by atoms with van der Waals surface area (Å²) in [4.78, 5) is 11.5. The molecule has 0 spiro atoms. The molecule has 0 aromatic heterocycles. The SMILES string of the molecule is O=CC1/C(=C/c2cccc(OC(F)(F)F)c2)Cc2cc(O)c(O)cc21. The fourth-order valence-corrected chi connectivity index (χ4v) is 2.93. The Hall–Kier alpha value is -2.96. The number of halogens is 3. The normalized spacial score (nSPS) is 18.2. The molecule has 0 amide bonds. The summed E-state index contributed by atoms with van der Waals surface area (Å²) in [5.74, 6) is -1.60. The molecule has 1 aliphatic rings.